The molecule has 0 saturated carbocycles. The van der Waals surface area contributed by atoms with E-state index in [1.165, 1.54) is 0 Å². The van der Waals surface area contributed by atoms with Crippen molar-refractivity contribution in [2.75, 3.05) is 11.9 Å². The molecular formula is C9H11IN2O2. The van der Waals surface area contributed by atoms with Crippen LogP contribution in [0.1, 0.15) is 6.92 Å². The molecule has 1 heterocycles. The van der Waals surface area contributed by atoms with E-state index in [0.717, 1.165) is 3.57 Å². The van der Waals surface area contributed by atoms with Gasteiger partial charge in [-0.2, -0.15) is 0 Å². The first kappa shape index (κ1) is 11.2. The molecule has 4 nitrogen and oxygen atoms in total. The van der Waals surface area contributed by atoms with Crippen LogP contribution >= 0.6 is 22.6 Å². The van der Waals surface area contributed by atoms with E-state index >= 15 is 0 Å². The van der Waals surface area contributed by atoms with Crippen LogP contribution in [0.5, 0.6) is 0 Å². The smallest absolute Gasteiger partial charge is 0.326 e. The van der Waals surface area contributed by atoms with Gasteiger partial charge < -0.3 is 10.0 Å². The number of aromatic nitrogens is 1. The molecule has 0 aliphatic heterocycles. The number of likely N-dealkylation sites (N-methyl/N-ethyl adjacent to an activating group) is 1. The SMILES string of the molecule is CC(C(=O)O)N(C)c1ncccc1I. The summed E-state index contributed by atoms with van der Waals surface area (Å²) in [7, 11) is 1.73. The lowest BCUT2D eigenvalue weighted by atomic mass is 10.3. The summed E-state index contributed by atoms with van der Waals surface area (Å²) in [6, 6.07) is 3.15. The van der Waals surface area contributed by atoms with Gasteiger partial charge in [-0.1, -0.05) is 0 Å². The molecule has 0 bridgehead atoms. The molecule has 0 aliphatic carbocycles. The Morgan fingerprint density at radius 2 is 2.36 bits per heavy atom. The van der Waals surface area contributed by atoms with E-state index in [9.17, 15) is 4.79 Å². The van der Waals surface area contributed by atoms with Gasteiger partial charge in [-0.3, -0.25) is 0 Å². The molecule has 14 heavy (non-hydrogen) atoms. The molecule has 0 amide bonds. The maximum atomic E-state index is 10.8. The summed E-state index contributed by atoms with van der Waals surface area (Å²) in [6.45, 7) is 1.63. The number of nitrogens with zero attached hydrogens (tertiary/aromatic N) is 2. The van der Waals surface area contributed by atoms with Gasteiger partial charge in [0, 0.05) is 13.2 Å². The van der Waals surface area contributed by atoms with Gasteiger partial charge >= 0.3 is 5.97 Å². The highest BCUT2D eigenvalue weighted by Gasteiger charge is 2.19. The Balaban J connectivity index is 2.94. The van der Waals surface area contributed by atoms with Crippen molar-refractivity contribution in [3.63, 3.8) is 0 Å². The third-order valence-corrected chi connectivity index (χ3v) is 2.85. The van der Waals surface area contributed by atoms with Gasteiger partial charge in [0.1, 0.15) is 11.9 Å². The highest BCUT2D eigenvalue weighted by molar-refractivity contribution is 14.1. The fourth-order valence-electron chi connectivity index (χ4n) is 0.986. The van der Waals surface area contributed by atoms with Gasteiger partial charge in [0.15, 0.2) is 0 Å². The monoisotopic (exact) mass is 306 g/mol. The van der Waals surface area contributed by atoms with E-state index in [4.69, 9.17) is 5.11 Å². The molecule has 1 N–H and O–H groups in total. The van der Waals surface area contributed by atoms with Crippen molar-refractivity contribution in [3.05, 3.63) is 21.9 Å². The Morgan fingerprint density at radius 1 is 1.71 bits per heavy atom. The zero-order valence-corrected chi connectivity index (χ0v) is 10.1. The molecule has 1 unspecified atom stereocenters. The average Bonchev–Trinajstić information content (AvgIpc) is 2.16. The van der Waals surface area contributed by atoms with E-state index in [1.807, 2.05) is 12.1 Å². The van der Waals surface area contributed by atoms with Crippen LogP contribution in [0.4, 0.5) is 5.82 Å². The predicted octanol–water partition coefficient (Wildman–Crippen LogP) is 1.60. The lowest BCUT2D eigenvalue weighted by molar-refractivity contribution is -0.138. The van der Waals surface area contributed by atoms with E-state index in [1.54, 1.807) is 25.1 Å². The van der Waals surface area contributed by atoms with Gasteiger partial charge in [0.25, 0.3) is 0 Å². The number of aliphatic carboxylic acids is 1. The van der Waals surface area contributed by atoms with Crippen molar-refractivity contribution >= 4 is 34.4 Å². The number of carboxylic acids is 1. The van der Waals surface area contributed by atoms with Gasteiger partial charge in [0.05, 0.1) is 3.57 Å². The molecule has 0 radical (unpaired) electrons. The number of carboxylic acid groups (broad SMARTS) is 1. The minimum absolute atomic E-state index is 0.571. The molecule has 0 fully saturated rings. The first-order valence-corrected chi connectivity index (χ1v) is 5.18. The quantitative estimate of drug-likeness (QED) is 0.862. The lowest BCUT2D eigenvalue weighted by Crippen LogP contribution is -2.36. The third kappa shape index (κ3) is 2.34. The molecule has 1 aromatic heterocycles. The maximum absolute atomic E-state index is 10.8. The lowest BCUT2D eigenvalue weighted by Gasteiger charge is -2.23. The fraction of sp³-hybridized carbons (Fsp3) is 0.333. The van der Waals surface area contributed by atoms with Crippen molar-refractivity contribution < 1.29 is 9.90 Å². The van der Waals surface area contributed by atoms with Crippen LogP contribution in [0.3, 0.4) is 0 Å². The first-order chi connectivity index (χ1) is 6.54. The molecule has 76 valence electrons. The van der Waals surface area contributed by atoms with Gasteiger partial charge in [0.2, 0.25) is 0 Å². The topological polar surface area (TPSA) is 53.4 Å². The summed E-state index contributed by atoms with van der Waals surface area (Å²) in [5.74, 6) is -0.156. The maximum Gasteiger partial charge on any atom is 0.326 e. The third-order valence-electron chi connectivity index (χ3n) is 2.01. The van der Waals surface area contributed by atoms with Crippen molar-refractivity contribution in [2.24, 2.45) is 0 Å². The summed E-state index contributed by atoms with van der Waals surface area (Å²) in [6.07, 6.45) is 1.66. The molecule has 1 rings (SSSR count). The van der Waals surface area contributed by atoms with Crippen molar-refractivity contribution in [1.82, 2.24) is 4.98 Å². The van der Waals surface area contributed by atoms with E-state index < -0.39 is 12.0 Å². The predicted molar refractivity (Wildman–Crippen MR) is 62.5 cm³/mol. The van der Waals surface area contributed by atoms with Crippen LogP contribution in [0.15, 0.2) is 18.3 Å². The zero-order chi connectivity index (χ0) is 10.7. The molecule has 0 aromatic carbocycles. The molecule has 0 aliphatic rings. The fourth-order valence-corrected chi connectivity index (χ4v) is 1.71. The second-order valence-corrected chi connectivity index (χ2v) is 4.10. The Kier molecular flexibility index (Phi) is 3.68. The van der Waals surface area contributed by atoms with Crippen LogP contribution in [-0.2, 0) is 4.79 Å². The summed E-state index contributed by atoms with van der Waals surface area (Å²) >= 11 is 2.14. The van der Waals surface area contributed by atoms with Crippen LogP contribution < -0.4 is 4.90 Å². The van der Waals surface area contributed by atoms with Crippen molar-refractivity contribution in [2.45, 2.75) is 13.0 Å². The minimum atomic E-state index is -0.853. The summed E-state index contributed by atoms with van der Waals surface area (Å²) < 4.78 is 0.945. The number of pyridine rings is 1. The number of carbonyl (C=O) groups is 1. The van der Waals surface area contributed by atoms with E-state index in [2.05, 4.69) is 27.6 Å². The number of rotatable bonds is 3. The second kappa shape index (κ2) is 4.59. The Labute approximate surface area is 96.1 Å². The number of halogens is 1. The summed E-state index contributed by atoms with van der Waals surface area (Å²) in [5.41, 5.74) is 0. The highest BCUT2D eigenvalue weighted by atomic mass is 127. The molecule has 1 aromatic rings. The minimum Gasteiger partial charge on any atom is -0.480 e. The average molecular weight is 306 g/mol. The van der Waals surface area contributed by atoms with Gasteiger partial charge in [-0.05, 0) is 41.6 Å². The molecule has 5 heteroatoms. The number of hydrogen-bond acceptors (Lipinski definition) is 3. The summed E-state index contributed by atoms with van der Waals surface area (Å²) in [4.78, 5) is 16.5. The summed E-state index contributed by atoms with van der Waals surface area (Å²) in [5, 5.41) is 8.83. The molecular weight excluding hydrogens is 295 g/mol. The van der Waals surface area contributed by atoms with E-state index in [-0.39, 0.29) is 0 Å². The standard InChI is InChI=1S/C9H11IN2O2/c1-6(9(13)14)12(2)8-7(10)4-3-5-11-8/h3-6H,1-2H3,(H,13,14). The Morgan fingerprint density at radius 3 is 2.86 bits per heavy atom. The molecule has 0 saturated heterocycles. The second-order valence-electron chi connectivity index (χ2n) is 2.93. The van der Waals surface area contributed by atoms with Crippen LogP contribution in [0.25, 0.3) is 0 Å². The zero-order valence-electron chi connectivity index (χ0n) is 7.94. The van der Waals surface area contributed by atoms with Crippen molar-refractivity contribution in [3.8, 4) is 0 Å². The van der Waals surface area contributed by atoms with Crippen LogP contribution in [0, 0.1) is 3.57 Å². The normalized spacial score (nSPS) is 12.2. The number of hydrogen-bond donors (Lipinski definition) is 1. The van der Waals surface area contributed by atoms with Gasteiger partial charge in [-0.25, -0.2) is 9.78 Å². The molecule has 1 atom stereocenters. The first-order valence-electron chi connectivity index (χ1n) is 4.10. The Bertz CT molecular complexity index is 343. The van der Waals surface area contributed by atoms with E-state index in [0.29, 0.717) is 5.82 Å². The van der Waals surface area contributed by atoms with Crippen molar-refractivity contribution in [1.29, 1.82) is 0 Å². The largest absolute Gasteiger partial charge is 0.480 e. The van der Waals surface area contributed by atoms with Crippen LogP contribution in [-0.4, -0.2) is 29.1 Å². The van der Waals surface area contributed by atoms with Crippen LogP contribution in [0.2, 0.25) is 0 Å². The highest BCUT2D eigenvalue weighted by Crippen LogP contribution is 2.19. The Hall–Kier alpha value is -0.850. The van der Waals surface area contributed by atoms with Gasteiger partial charge in [-0.15, -0.1) is 0 Å². The molecule has 0 spiro atoms. The number of anilines is 1.